The fourth-order valence-electron chi connectivity index (χ4n) is 2.44. The summed E-state index contributed by atoms with van der Waals surface area (Å²) in [6.45, 7) is 1.31. The maximum Gasteiger partial charge on any atom is 0.223 e. The zero-order valence-corrected chi connectivity index (χ0v) is 12.6. The van der Waals surface area contributed by atoms with E-state index in [4.69, 9.17) is 0 Å². The lowest BCUT2D eigenvalue weighted by molar-refractivity contribution is -0.122. The topological polar surface area (TPSA) is 46.9 Å². The van der Waals surface area contributed by atoms with Crippen molar-refractivity contribution in [2.75, 3.05) is 6.54 Å². The van der Waals surface area contributed by atoms with Crippen molar-refractivity contribution in [1.82, 2.24) is 15.1 Å². The van der Waals surface area contributed by atoms with Gasteiger partial charge >= 0.3 is 0 Å². The number of hydrogen-bond acceptors (Lipinski definition) is 2. The second-order valence-corrected chi connectivity index (χ2v) is 5.99. The van der Waals surface area contributed by atoms with Gasteiger partial charge in [-0.1, -0.05) is 30.3 Å². The summed E-state index contributed by atoms with van der Waals surface area (Å²) in [4.78, 5) is 12.0. The molecule has 1 amide bonds. The van der Waals surface area contributed by atoms with Crippen molar-refractivity contribution in [3.05, 3.63) is 52.8 Å². The van der Waals surface area contributed by atoms with E-state index in [2.05, 4.69) is 38.5 Å². The van der Waals surface area contributed by atoms with Crippen LogP contribution in [0.25, 0.3) is 0 Å². The number of halogens is 1. The third kappa shape index (κ3) is 3.10. The van der Waals surface area contributed by atoms with Gasteiger partial charge in [0.05, 0.1) is 17.2 Å². The van der Waals surface area contributed by atoms with Crippen LogP contribution in [-0.2, 0) is 11.3 Å². The van der Waals surface area contributed by atoms with E-state index in [-0.39, 0.29) is 11.8 Å². The first-order chi connectivity index (χ1) is 9.74. The molecular weight excluding hydrogens is 318 g/mol. The Labute approximate surface area is 126 Å². The van der Waals surface area contributed by atoms with Gasteiger partial charge in [0.2, 0.25) is 5.91 Å². The van der Waals surface area contributed by atoms with Crippen LogP contribution in [0.4, 0.5) is 0 Å². The van der Waals surface area contributed by atoms with Crippen molar-refractivity contribution in [2.24, 2.45) is 5.92 Å². The molecule has 1 aromatic carbocycles. The van der Waals surface area contributed by atoms with Crippen LogP contribution in [0.5, 0.6) is 0 Å². The number of rotatable bonds is 5. The summed E-state index contributed by atoms with van der Waals surface area (Å²) >= 11 is 3.35. The number of nitrogens with one attached hydrogen (secondary N) is 1. The van der Waals surface area contributed by atoms with E-state index in [1.165, 1.54) is 5.56 Å². The van der Waals surface area contributed by atoms with E-state index >= 15 is 0 Å². The van der Waals surface area contributed by atoms with Crippen molar-refractivity contribution in [1.29, 1.82) is 0 Å². The molecule has 0 spiro atoms. The Morgan fingerprint density at radius 1 is 1.40 bits per heavy atom. The van der Waals surface area contributed by atoms with Crippen LogP contribution in [-0.4, -0.2) is 22.2 Å². The highest BCUT2D eigenvalue weighted by atomic mass is 79.9. The number of nitrogens with zero attached hydrogens (tertiary/aromatic N) is 2. The van der Waals surface area contributed by atoms with E-state index in [1.54, 1.807) is 6.20 Å². The molecule has 2 aromatic rings. The molecular formula is C15H16BrN3O. The number of hydrogen-bond donors (Lipinski definition) is 1. The SMILES string of the molecule is O=C(NCCn1cc(Br)cn1)[C@H]1C[C@H]1c1ccccc1. The van der Waals surface area contributed by atoms with E-state index < -0.39 is 0 Å². The zero-order chi connectivity index (χ0) is 13.9. The number of aromatic nitrogens is 2. The van der Waals surface area contributed by atoms with Gasteiger partial charge in [-0.25, -0.2) is 0 Å². The molecule has 1 fully saturated rings. The number of benzene rings is 1. The second kappa shape index (κ2) is 5.79. The van der Waals surface area contributed by atoms with Crippen molar-refractivity contribution >= 4 is 21.8 Å². The Morgan fingerprint density at radius 3 is 2.90 bits per heavy atom. The van der Waals surface area contributed by atoms with Crippen molar-refractivity contribution in [2.45, 2.75) is 18.9 Å². The average molecular weight is 334 g/mol. The molecule has 0 radical (unpaired) electrons. The van der Waals surface area contributed by atoms with Crippen LogP contribution in [0.2, 0.25) is 0 Å². The minimum Gasteiger partial charge on any atom is -0.354 e. The van der Waals surface area contributed by atoms with E-state index in [9.17, 15) is 4.79 Å². The van der Waals surface area contributed by atoms with Gasteiger partial charge in [-0.3, -0.25) is 9.48 Å². The minimum absolute atomic E-state index is 0.141. The molecule has 1 aliphatic rings. The van der Waals surface area contributed by atoms with Crippen LogP contribution in [0.3, 0.4) is 0 Å². The summed E-state index contributed by atoms with van der Waals surface area (Å²) in [5.74, 6) is 0.696. The Hall–Kier alpha value is -1.62. The number of carbonyl (C=O) groups excluding carboxylic acids is 1. The smallest absolute Gasteiger partial charge is 0.223 e. The monoisotopic (exact) mass is 333 g/mol. The van der Waals surface area contributed by atoms with Gasteiger partial charge in [0.25, 0.3) is 0 Å². The highest BCUT2D eigenvalue weighted by Crippen LogP contribution is 2.47. The highest BCUT2D eigenvalue weighted by molar-refractivity contribution is 9.10. The molecule has 0 saturated heterocycles. The Bertz CT molecular complexity index is 596. The Morgan fingerprint density at radius 2 is 2.20 bits per heavy atom. The molecule has 3 rings (SSSR count). The molecule has 0 unspecified atom stereocenters. The van der Waals surface area contributed by atoms with Gasteiger partial charge in [0.1, 0.15) is 0 Å². The van der Waals surface area contributed by atoms with Crippen molar-refractivity contribution in [3.63, 3.8) is 0 Å². The fraction of sp³-hybridized carbons (Fsp3) is 0.333. The third-order valence-electron chi connectivity index (χ3n) is 3.60. The quantitative estimate of drug-likeness (QED) is 0.914. The summed E-state index contributed by atoms with van der Waals surface area (Å²) in [7, 11) is 0. The lowest BCUT2D eigenvalue weighted by atomic mass is 10.1. The molecule has 20 heavy (non-hydrogen) atoms. The number of amides is 1. The number of carbonyl (C=O) groups is 1. The first kappa shape index (κ1) is 13.4. The second-order valence-electron chi connectivity index (χ2n) is 5.07. The molecule has 0 bridgehead atoms. The molecule has 5 heteroatoms. The van der Waals surface area contributed by atoms with Gasteiger partial charge < -0.3 is 5.32 Å². The normalized spacial score (nSPS) is 20.6. The minimum atomic E-state index is 0.141. The molecule has 4 nitrogen and oxygen atoms in total. The molecule has 1 heterocycles. The van der Waals surface area contributed by atoms with Crippen molar-refractivity contribution in [3.8, 4) is 0 Å². The molecule has 104 valence electrons. The molecule has 0 aliphatic heterocycles. The molecule has 1 N–H and O–H groups in total. The van der Waals surface area contributed by atoms with Crippen LogP contribution in [0, 0.1) is 5.92 Å². The van der Waals surface area contributed by atoms with Crippen LogP contribution >= 0.6 is 15.9 Å². The van der Waals surface area contributed by atoms with E-state index in [0.717, 1.165) is 10.9 Å². The molecule has 1 aromatic heterocycles. The van der Waals surface area contributed by atoms with Gasteiger partial charge in [0.15, 0.2) is 0 Å². The van der Waals surface area contributed by atoms with Gasteiger partial charge in [-0.2, -0.15) is 5.10 Å². The van der Waals surface area contributed by atoms with Gasteiger partial charge in [0, 0.05) is 18.7 Å². The lowest BCUT2D eigenvalue weighted by Crippen LogP contribution is -2.29. The average Bonchev–Trinajstić information content (AvgIpc) is 3.17. The summed E-state index contributed by atoms with van der Waals surface area (Å²) < 4.78 is 2.77. The predicted molar refractivity (Wildman–Crippen MR) is 80.2 cm³/mol. The first-order valence-corrected chi connectivity index (χ1v) is 7.54. The summed E-state index contributed by atoms with van der Waals surface area (Å²) in [5, 5.41) is 7.14. The third-order valence-corrected chi connectivity index (χ3v) is 4.01. The highest BCUT2D eigenvalue weighted by Gasteiger charge is 2.43. The lowest BCUT2D eigenvalue weighted by Gasteiger charge is -2.05. The summed E-state index contributed by atoms with van der Waals surface area (Å²) in [6.07, 6.45) is 4.60. The fourth-order valence-corrected chi connectivity index (χ4v) is 2.77. The Kier molecular flexibility index (Phi) is 3.87. The summed E-state index contributed by atoms with van der Waals surface area (Å²) in [6, 6.07) is 10.2. The van der Waals surface area contributed by atoms with Gasteiger partial charge in [-0.15, -0.1) is 0 Å². The van der Waals surface area contributed by atoms with E-state index in [1.807, 2.05) is 29.1 Å². The van der Waals surface area contributed by atoms with E-state index in [0.29, 0.717) is 19.0 Å². The van der Waals surface area contributed by atoms with Crippen LogP contribution in [0.15, 0.2) is 47.2 Å². The van der Waals surface area contributed by atoms with Crippen LogP contribution < -0.4 is 5.32 Å². The van der Waals surface area contributed by atoms with Gasteiger partial charge in [-0.05, 0) is 33.8 Å². The molecule has 1 saturated carbocycles. The van der Waals surface area contributed by atoms with Crippen molar-refractivity contribution < 1.29 is 4.79 Å². The first-order valence-electron chi connectivity index (χ1n) is 6.74. The molecule has 1 aliphatic carbocycles. The zero-order valence-electron chi connectivity index (χ0n) is 11.0. The Balaban J connectivity index is 1.45. The maximum atomic E-state index is 12.0. The standard InChI is InChI=1S/C15H16BrN3O/c16-12-9-18-19(10-12)7-6-17-15(20)14-8-13(14)11-4-2-1-3-5-11/h1-5,9-10,13-14H,6-8H2,(H,17,20)/t13-,14-/m0/s1. The predicted octanol–water partition coefficient (Wildman–Crippen LogP) is 2.57. The largest absolute Gasteiger partial charge is 0.354 e. The van der Waals surface area contributed by atoms with Crippen LogP contribution in [0.1, 0.15) is 17.9 Å². The summed E-state index contributed by atoms with van der Waals surface area (Å²) in [5.41, 5.74) is 1.27. The molecule has 2 atom stereocenters. The maximum absolute atomic E-state index is 12.0.